The van der Waals surface area contributed by atoms with Crippen molar-refractivity contribution in [1.29, 1.82) is 0 Å². The molecule has 0 aliphatic heterocycles. The molecule has 0 N–H and O–H groups in total. The molecular formula is C10H9N3O2. The average Bonchev–Trinajstić information content (AvgIpc) is 2.78. The first-order chi connectivity index (χ1) is 7.33. The van der Waals surface area contributed by atoms with Crippen LogP contribution in [0, 0.1) is 0 Å². The monoisotopic (exact) mass is 203 g/mol. The largest absolute Gasteiger partial charge is 0.497 e. The Balaban J connectivity index is 2.39. The van der Waals surface area contributed by atoms with Gasteiger partial charge in [-0.25, -0.2) is 0 Å². The maximum Gasteiger partial charge on any atom is 0.171 e. The van der Waals surface area contributed by atoms with Crippen molar-refractivity contribution in [3.05, 3.63) is 36.2 Å². The summed E-state index contributed by atoms with van der Waals surface area (Å²) in [5, 5.41) is 7.91. The van der Waals surface area contributed by atoms with Gasteiger partial charge in [-0.15, -0.1) is 5.10 Å². The maximum atomic E-state index is 10.4. The number of aromatic nitrogens is 3. The molecule has 0 atom stereocenters. The van der Waals surface area contributed by atoms with Crippen LogP contribution < -0.4 is 4.74 Å². The minimum atomic E-state index is 0.304. The summed E-state index contributed by atoms with van der Waals surface area (Å²) in [7, 11) is 1.59. The van der Waals surface area contributed by atoms with Crippen LogP contribution in [0.2, 0.25) is 0 Å². The molecule has 2 rings (SSSR count). The summed E-state index contributed by atoms with van der Waals surface area (Å²) in [5.74, 6) is 0.720. The number of rotatable bonds is 3. The van der Waals surface area contributed by atoms with Gasteiger partial charge in [0, 0.05) is 6.07 Å². The van der Waals surface area contributed by atoms with Crippen molar-refractivity contribution in [2.24, 2.45) is 0 Å². The summed E-state index contributed by atoms with van der Waals surface area (Å²) in [6.07, 6.45) is 2.07. The van der Waals surface area contributed by atoms with Crippen molar-refractivity contribution < 1.29 is 9.53 Å². The van der Waals surface area contributed by atoms with E-state index in [-0.39, 0.29) is 0 Å². The Morgan fingerprint density at radius 1 is 1.47 bits per heavy atom. The van der Waals surface area contributed by atoms with Crippen molar-refractivity contribution in [2.45, 2.75) is 0 Å². The summed E-state index contributed by atoms with van der Waals surface area (Å²) in [6, 6.07) is 7.28. The van der Waals surface area contributed by atoms with Crippen molar-refractivity contribution in [3.63, 3.8) is 0 Å². The molecule has 0 aliphatic rings. The maximum absolute atomic E-state index is 10.4. The van der Waals surface area contributed by atoms with Gasteiger partial charge in [-0.3, -0.25) is 4.79 Å². The predicted octanol–water partition coefficient (Wildman–Crippen LogP) is 1.09. The number of methoxy groups -OCH3 is 1. The predicted molar refractivity (Wildman–Crippen MR) is 53.3 cm³/mol. The van der Waals surface area contributed by atoms with Gasteiger partial charge in [-0.05, 0) is 12.1 Å². The number of ether oxygens (including phenoxy) is 1. The van der Waals surface area contributed by atoms with E-state index >= 15 is 0 Å². The van der Waals surface area contributed by atoms with E-state index in [9.17, 15) is 4.79 Å². The van der Waals surface area contributed by atoms with Gasteiger partial charge >= 0.3 is 0 Å². The van der Waals surface area contributed by atoms with E-state index in [0.717, 1.165) is 11.4 Å². The molecule has 0 unspecified atom stereocenters. The molecule has 0 saturated heterocycles. The lowest BCUT2D eigenvalue weighted by Gasteiger charge is -2.02. The third kappa shape index (κ3) is 1.85. The highest BCUT2D eigenvalue weighted by molar-refractivity contribution is 5.70. The molecular weight excluding hydrogens is 194 g/mol. The summed E-state index contributed by atoms with van der Waals surface area (Å²) >= 11 is 0. The third-order valence-electron chi connectivity index (χ3n) is 1.91. The van der Waals surface area contributed by atoms with Gasteiger partial charge in [0.25, 0.3) is 0 Å². The molecule has 5 heteroatoms. The SMILES string of the molecule is COc1cccc(-n2ncc(C=O)n2)c1. The lowest BCUT2D eigenvalue weighted by Crippen LogP contribution is -1.99. The number of hydrogen-bond donors (Lipinski definition) is 0. The molecule has 0 spiro atoms. The Bertz CT molecular complexity index is 479. The van der Waals surface area contributed by atoms with Crippen molar-refractivity contribution in [1.82, 2.24) is 15.0 Å². The first-order valence-corrected chi connectivity index (χ1v) is 4.35. The first-order valence-electron chi connectivity index (χ1n) is 4.35. The average molecular weight is 203 g/mol. The third-order valence-corrected chi connectivity index (χ3v) is 1.91. The van der Waals surface area contributed by atoms with Crippen molar-refractivity contribution >= 4 is 6.29 Å². The smallest absolute Gasteiger partial charge is 0.171 e. The van der Waals surface area contributed by atoms with Gasteiger partial charge in [-0.1, -0.05) is 6.07 Å². The van der Waals surface area contributed by atoms with Crippen LogP contribution in [0.25, 0.3) is 5.69 Å². The van der Waals surface area contributed by atoms with E-state index in [2.05, 4.69) is 10.2 Å². The van der Waals surface area contributed by atoms with Crippen LogP contribution in [0.4, 0.5) is 0 Å². The summed E-state index contributed by atoms with van der Waals surface area (Å²) < 4.78 is 5.07. The minimum Gasteiger partial charge on any atom is -0.497 e. The molecule has 0 aliphatic carbocycles. The van der Waals surface area contributed by atoms with Crippen LogP contribution in [-0.4, -0.2) is 28.4 Å². The molecule has 0 amide bonds. The highest BCUT2D eigenvalue weighted by Gasteiger charge is 2.02. The number of aldehydes is 1. The number of nitrogens with zero attached hydrogens (tertiary/aromatic N) is 3. The van der Waals surface area contributed by atoms with E-state index in [4.69, 9.17) is 4.74 Å². The Morgan fingerprint density at radius 2 is 2.33 bits per heavy atom. The number of hydrogen-bond acceptors (Lipinski definition) is 4. The minimum absolute atomic E-state index is 0.304. The molecule has 0 fully saturated rings. The van der Waals surface area contributed by atoms with E-state index < -0.39 is 0 Å². The van der Waals surface area contributed by atoms with Crippen LogP contribution in [0.3, 0.4) is 0 Å². The standard InChI is InChI=1S/C10H9N3O2/c1-15-10-4-2-3-9(5-10)13-11-6-8(7-14)12-13/h2-7H,1H3. The molecule has 1 aromatic heterocycles. The summed E-state index contributed by atoms with van der Waals surface area (Å²) in [5.41, 5.74) is 1.06. The fourth-order valence-corrected chi connectivity index (χ4v) is 1.19. The van der Waals surface area contributed by atoms with Gasteiger partial charge in [0.05, 0.1) is 19.0 Å². The lowest BCUT2D eigenvalue weighted by atomic mass is 10.3. The quantitative estimate of drug-likeness (QED) is 0.700. The Hall–Kier alpha value is -2.17. The zero-order valence-electron chi connectivity index (χ0n) is 8.12. The van der Waals surface area contributed by atoms with E-state index in [1.807, 2.05) is 18.2 Å². The van der Waals surface area contributed by atoms with Crippen LogP contribution in [0.1, 0.15) is 10.5 Å². The number of benzene rings is 1. The van der Waals surface area contributed by atoms with E-state index in [1.54, 1.807) is 13.2 Å². The molecule has 0 radical (unpaired) electrons. The Morgan fingerprint density at radius 3 is 3.00 bits per heavy atom. The highest BCUT2D eigenvalue weighted by Crippen LogP contribution is 2.14. The second kappa shape index (κ2) is 3.91. The molecule has 1 aromatic carbocycles. The fraction of sp³-hybridized carbons (Fsp3) is 0.100. The molecule has 5 nitrogen and oxygen atoms in total. The number of carbonyl (C=O) groups is 1. The lowest BCUT2D eigenvalue weighted by molar-refractivity contribution is 0.111. The summed E-state index contributed by atoms with van der Waals surface area (Å²) in [6.45, 7) is 0. The van der Waals surface area contributed by atoms with Gasteiger partial charge in [-0.2, -0.15) is 9.90 Å². The molecule has 0 saturated carbocycles. The Kier molecular flexibility index (Phi) is 2.45. The summed E-state index contributed by atoms with van der Waals surface area (Å²) in [4.78, 5) is 11.8. The normalized spacial score (nSPS) is 9.93. The zero-order chi connectivity index (χ0) is 10.7. The van der Waals surface area contributed by atoms with Gasteiger partial charge in [0.2, 0.25) is 0 Å². The number of carbonyl (C=O) groups excluding carboxylic acids is 1. The van der Waals surface area contributed by atoms with Crippen LogP contribution >= 0.6 is 0 Å². The van der Waals surface area contributed by atoms with Crippen molar-refractivity contribution in [2.75, 3.05) is 7.11 Å². The first kappa shape index (κ1) is 9.39. The highest BCUT2D eigenvalue weighted by atomic mass is 16.5. The Labute approximate surface area is 86.3 Å². The van der Waals surface area contributed by atoms with Crippen LogP contribution in [-0.2, 0) is 0 Å². The fourth-order valence-electron chi connectivity index (χ4n) is 1.19. The van der Waals surface area contributed by atoms with E-state index in [0.29, 0.717) is 12.0 Å². The van der Waals surface area contributed by atoms with Gasteiger partial charge < -0.3 is 4.74 Å². The molecule has 76 valence electrons. The zero-order valence-corrected chi connectivity index (χ0v) is 8.12. The van der Waals surface area contributed by atoms with E-state index in [1.165, 1.54) is 11.0 Å². The van der Waals surface area contributed by atoms with Crippen molar-refractivity contribution in [3.8, 4) is 11.4 Å². The van der Waals surface area contributed by atoms with Crippen LogP contribution in [0.15, 0.2) is 30.5 Å². The second-order valence-electron chi connectivity index (χ2n) is 2.88. The second-order valence-corrected chi connectivity index (χ2v) is 2.88. The molecule has 2 aromatic rings. The van der Waals surface area contributed by atoms with Crippen LogP contribution in [0.5, 0.6) is 5.75 Å². The van der Waals surface area contributed by atoms with Gasteiger partial charge in [0.15, 0.2) is 6.29 Å². The van der Waals surface area contributed by atoms with Gasteiger partial charge in [0.1, 0.15) is 11.4 Å². The molecule has 15 heavy (non-hydrogen) atoms. The molecule has 1 heterocycles. The molecule has 0 bridgehead atoms. The topological polar surface area (TPSA) is 57.0 Å².